The number of amides is 1. The van der Waals surface area contributed by atoms with E-state index in [0.29, 0.717) is 44.8 Å². The van der Waals surface area contributed by atoms with E-state index >= 15 is 0 Å². The fourth-order valence-electron chi connectivity index (χ4n) is 3.03. The van der Waals surface area contributed by atoms with Gasteiger partial charge >= 0.3 is 0 Å². The summed E-state index contributed by atoms with van der Waals surface area (Å²) in [5, 5.41) is 0. The quantitative estimate of drug-likeness (QED) is 0.726. The highest BCUT2D eigenvalue weighted by atomic mass is 35.5. The Morgan fingerprint density at radius 3 is 2.33 bits per heavy atom. The molecule has 0 aromatic heterocycles. The first-order chi connectivity index (χ1) is 12.3. The zero-order valence-corrected chi connectivity index (χ0v) is 17.8. The van der Waals surface area contributed by atoms with Gasteiger partial charge in [0.25, 0.3) is 0 Å². The van der Waals surface area contributed by atoms with E-state index < -0.39 is 10.0 Å². The van der Waals surface area contributed by atoms with Crippen molar-refractivity contribution in [3.8, 4) is 5.75 Å². The van der Waals surface area contributed by atoms with Gasteiger partial charge in [0.1, 0.15) is 5.75 Å². The Morgan fingerprint density at radius 2 is 1.85 bits per heavy atom. The molecule has 0 radical (unpaired) electrons. The molecule has 1 aliphatic rings. The van der Waals surface area contributed by atoms with Crippen molar-refractivity contribution in [1.29, 1.82) is 0 Å². The van der Waals surface area contributed by atoms with Gasteiger partial charge in [0.15, 0.2) is 0 Å². The third-order valence-electron chi connectivity index (χ3n) is 4.93. The van der Waals surface area contributed by atoms with Gasteiger partial charge in [0.2, 0.25) is 15.9 Å². The van der Waals surface area contributed by atoms with E-state index in [1.807, 2.05) is 13.8 Å². The number of ether oxygens (including phenoxy) is 1. The lowest BCUT2D eigenvalue weighted by atomic mass is 9.96. The van der Waals surface area contributed by atoms with Crippen molar-refractivity contribution >= 4 is 28.3 Å². The highest BCUT2D eigenvalue weighted by molar-refractivity contribution is 7.89. The Hall–Kier alpha value is -1.35. The monoisotopic (exact) mass is 419 g/mol. The van der Waals surface area contributed by atoms with Crippen molar-refractivity contribution in [2.75, 3.05) is 33.3 Å². The molecule has 1 fully saturated rings. The lowest BCUT2D eigenvalue weighted by molar-refractivity contribution is -0.137. The molecule has 2 rings (SSSR count). The third kappa shape index (κ3) is 5.57. The van der Waals surface area contributed by atoms with Gasteiger partial charge in [0.05, 0.1) is 11.5 Å². The molecule has 0 saturated carbocycles. The van der Waals surface area contributed by atoms with E-state index in [1.54, 1.807) is 36.2 Å². The number of piperidine rings is 1. The summed E-state index contributed by atoms with van der Waals surface area (Å²) < 4.78 is 32.4. The van der Waals surface area contributed by atoms with Crippen molar-refractivity contribution in [2.24, 2.45) is 11.7 Å². The molecule has 2 N–H and O–H groups in total. The number of rotatable bonds is 7. The van der Waals surface area contributed by atoms with Crippen LogP contribution in [0.15, 0.2) is 29.2 Å². The van der Waals surface area contributed by atoms with Crippen LogP contribution in [0.4, 0.5) is 0 Å². The lowest BCUT2D eigenvalue weighted by Gasteiger charge is -2.34. The second kappa shape index (κ2) is 10.3. The number of sulfonamides is 1. The second-order valence-corrected chi connectivity index (χ2v) is 8.55. The first-order valence-electron chi connectivity index (χ1n) is 9.01. The summed E-state index contributed by atoms with van der Waals surface area (Å²) in [4.78, 5) is 14.4. The molecule has 0 spiro atoms. The maximum atomic E-state index is 12.8. The Bertz CT molecular complexity index is 704. The molecule has 1 aromatic rings. The van der Waals surface area contributed by atoms with Crippen molar-refractivity contribution in [2.45, 2.75) is 37.6 Å². The van der Waals surface area contributed by atoms with Crippen molar-refractivity contribution in [1.82, 2.24) is 9.21 Å². The second-order valence-electron chi connectivity index (χ2n) is 6.62. The maximum absolute atomic E-state index is 12.8. The summed E-state index contributed by atoms with van der Waals surface area (Å²) in [7, 11) is -1.80. The van der Waals surface area contributed by atoms with Gasteiger partial charge in [-0.15, -0.1) is 12.4 Å². The van der Waals surface area contributed by atoms with Crippen LogP contribution in [0.1, 0.15) is 26.7 Å². The van der Waals surface area contributed by atoms with E-state index in [-0.39, 0.29) is 35.2 Å². The minimum Gasteiger partial charge on any atom is -0.494 e. The summed E-state index contributed by atoms with van der Waals surface area (Å²) in [6.07, 6.45) is 1.05. The molecule has 27 heavy (non-hydrogen) atoms. The van der Waals surface area contributed by atoms with Crippen LogP contribution in [0.3, 0.4) is 0 Å². The lowest BCUT2D eigenvalue weighted by Crippen LogP contribution is -2.47. The minimum absolute atomic E-state index is 0. The number of carbonyl (C=O) groups is 1. The number of halogens is 1. The maximum Gasteiger partial charge on any atom is 0.243 e. The Kier molecular flexibility index (Phi) is 9.01. The Labute approximate surface area is 168 Å². The molecule has 0 aliphatic carbocycles. The van der Waals surface area contributed by atoms with Crippen LogP contribution < -0.4 is 10.5 Å². The van der Waals surface area contributed by atoms with Crippen LogP contribution in [0.2, 0.25) is 0 Å². The molecule has 9 heteroatoms. The van der Waals surface area contributed by atoms with E-state index in [1.165, 1.54) is 4.31 Å². The Balaban J connectivity index is 0.00000364. The first-order valence-corrected chi connectivity index (χ1v) is 10.4. The molecule has 1 atom stereocenters. The van der Waals surface area contributed by atoms with Gasteiger partial charge in [-0.2, -0.15) is 4.31 Å². The van der Waals surface area contributed by atoms with Gasteiger partial charge in [-0.25, -0.2) is 8.42 Å². The SMILES string of the molecule is CCOc1ccc(S(=O)(=O)N2CCC(C(=O)N(C)C(C)CN)CC2)cc1.Cl. The molecule has 1 heterocycles. The molecule has 1 aromatic carbocycles. The Morgan fingerprint density at radius 1 is 1.30 bits per heavy atom. The highest BCUT2D eigenvalue weighted by Gasteiger charge is 2.33. The molecular weight excluding hydrogens is 390 g/mol. The van der Waals surface area contributed by atoms with Crippen LogP contribution in [0.5, 0.6) is 5.75 Å². The van der Waals surface area contributed by atoms with Crippen molar-refractivity contribution < 1.29 is 17.9 Å². The largest absolute Gasteiger partial charge is 0.494 e. The standard InChI is InChI=1S/C18H29N3O4S.ClH/c1-4-25-16-5-7-17(8-6-16)26(23,24)21-11-9-15(10-12-21)18(22)20(3)14(2)13-19;/h5-8,14-15H,4,9-13,19H2,1-3H3;1H. The average molecular weight is 420 g/mol. The zero-order chi connectivity index (χ0) is 19.3. The average Bonchev–Trinajstić information content (AvgIpc) is 2.67. The minimum atomic E-state index is -3.55. The van der Waals surface area contributed by atoms with E-state index in [4.69, 9.17) is 10.5 Å². The van der Waals surface area contributed by atoms with E-state index in [0.717, 1.165) is 0 Å². The van der Waals surface area contributed by atoms with Crippen molar-refractivity contribution in [3.63, 3.8) is 0 Å². The fourth-order valence-corrected chi connectivity index (χ4v) is 4.50. The zero-order valence-electron chi connectivity index (χ0n) is 16.1. The van der Waals surface area contributed by atoms with E-state index in [9.17, 15) is 13.2 Å². The number of nitrogens with two attached hydrogens (primary N) is 1. The van der Waals surface area contributed by atoms with Crippen molar-refractivity contribution in [3.05, 3.63) is 24.3 Å². The van der Waals surface area contributed by atoms with Crippen LogP contribution in [-0.4, -0.2) is 62.9 Å². The van der Waals surface area contributed by atoms with Gasteiger partial charge < -0.3 is 15.4 Å². The number of carbonyl (C=O) groups excluding carboxylic acids is 1. The van der Waals surface area contributed by atoms with Gasteiger partial charge in [-0.1, -0.05) is 0 Å². The summed E-state index contributed by atoms with van der Waals surface area (Å²) >= 11 is 0. The number of hydrogen-bond donors (Lipinski definition) is 1. The van der Waals surface area contributed by atoms with E-state index in [2.05, 4.69) is 0 Å². The summed E-state index contributed by atoms with van der Waals surface area (Å²) in [6.45, 7) is 5.41. The van der Waals surface area contributed by atoms with Crippen LogP contribution >= 0.6 is 12.4 Å². The van der Waals surface area contributed by atoms with Crippen LogP contribution in [0, 0.1) is 5.92 Å². The number of likely N-dealkylation sites (N-methyl/N-ethyl adjacent to an activating group) is 1. The molecule has 0 bridgehead atoms. The predicted octanol–water partition coefficient (Wildman–Crippen LogP) is 1.71. The van der Waals surface area contributed by atoms with Gasteiger partial charge in [0, 0.05) is 38.6 Å². The molecule has 1 saturated heterocycles. The predicted molar refractivity (Wildman–Crippen MR) is 108 cm³/mol. The fraction of sp³-hybridized carbons (Fsp3) is 0.611. The summed E-state index contributed by atoms with van der Waals surface area (Å²) in [5.41, 5.74) is 5.62. The van der Waals surface area contributed by atoms with Crippen LogP contribution in [-0.2, 0) is 14.8 Å². The number of nitrogens with zero attached hydrogens (tertiary/aromatic N) is 2. The summed E-state index contributed by atoms with van der Waals surface area (Å²) in [5.74, 6) is 0.537. The molecule has 1 aliphatic heterocycles. The molecule has 1 unspecified atom stereocenters. The summed E-state index contributed by atoms with van der Waals surface area (Å²) in [6, 6.07) is 6.43. The van der Waals surface area contributed by atoms with Crippen LogP contribution in [0.25, 0.3) is 0 Å². The molecule has 154 valence electrons. The van der Waals surface area contributed by atoms with Gasteiger partial charge in [-0.3, -0.25) is 4.79 Å². The number of benzene rings is 1. The third-order valence-corrected chi connectivity index (χ3v) is 6.84. The topological polar surface area (TPSA) is 92.9 Å². The molecular formula is C18H30ClN3O4S. The highest BCUT2D eigenvalue weighted by Crippen LogP contribution is 2.26. The van der Waals surface area contributed by atoms with Gasteiger partial charge in [-0.05, 0) is 51.0 Å². The smallest absolute Gasteiger partial charge is 0.243 e. The molecule has 7 nitrogen and oxygen atoms in total. The number of hydrogen-bond acceptors (Lipinski definition) is 5. The molecule has 1 amide bonds. The normalized spacial score (nSPS) is 17.0. The first kappa shape index (κ1) is 23.7.